The van der Waals surface area contributed by atoms with Gasteiger partial charge in [-0.15, -0.1) is 0 Å². The minimum atomic E-state index is -0.227. The first-order chi connectivity index (χ1) is 16.6. The first kappa shape index (κ1) is 21.9. The van der Waals surface area contributed by atoms with E-state index in [1.807, 2.05) is 26.1 Å². The Hall–Kier alpha value is -3.92. The van der Waals surface area contributed by atoms with Crippen LogP contribution in [0.15, 0.2) is 42.6 Å². The van der Waals surface area contributed by atoms with Gasteiger partial charge in [0.25, 0.3) is 5.91 Å². The predicted molar refractivity (Wildman–Crippen MR) is 130 cm³/mol. The molecule has 3 aromatic heterocycles. The van der Waals surface area contributed by atoms with Crippen LogP contribution in [0, 0.1) is 12.8 Å². The molecule has 10 heteroatoms. The maximum Gasteiger partial charge on any atom is 0.256 e. The summed E-state index contributed by atoms with van der Waals surface area (Å²) >= 11 is 0. The molecular weight excluding hydrogens is 432 g/mol. The van der Waals surface area contributed by atoms with Gasteiger partial charge in [0, 0.05) is 43.2 Å². The zero-order chi connectivity index (χ0) is 23.5. The second-order valence-corrected chi connectivity index (χ2v) is 8.57. The highest BCUT2D eigenvalue weighted by Crippen LogP contribution is 2.33. The van der Waals surface area contributed by atoms with Crippen LogP contribution in [0.4, 0.5) is 11.6 Å². The van der Waals surface area contributed by atoms with Crippen LogP contribution in [0.5, 0.6) is 11.5 Å². The largest absolute Gasteiger partial charge is 0.456 e. The molecule has 0 spiro atoms. The highest BCUT2D eigenvalue weighted by atomic mass is 16.5. The van der Waals surface area contributed by atoms with Gasteiger partial charge >= 0.3 is 0 Å². The van der Waals surface area contributed by atoms with Crippen molar-refractivity contribution < 1.29 is 9.53 Å². The molecular formula is C24H28N8O2. The summed E-state index contributed by atoms with van der Waals surface area (Å²) in [6.45, 7) is 4.86. The lowest BCUT2D eigenvalue weighted by Crippen LogP contribution is -2.33. The van der Waals surface area contributed by atoms with E-state index < -0.39 is 0 Å². The Morgan fingerprint density at radius 1 is 1.26 bits per heavy atom. The van der Waals surface area contributed by atoms with E-state index in [1.54, 1.807) is 35.1 Å². The van der Waals surface area contributed by atoms with Gasteiger partial charge < -0.3 is 20.7 Å². The number of hydrogen-bond donors (Lipinski definition) is 4. The van der Waals surface area contributed by atoms with Crippen molar-refractivity contribution in [2.45, 2.75) is 19.8 Å². The summed E-state index contributed by atoms with van der Waals surface area (Å²) in [7, 11) is 1.83. The molecule has 10 nitrogen and oxygen atoms in total. The Balaban J connectivity index is 1.29. The number of benzene rings is 1. The maximum atomic E-state index is 12.6. The van der Waals surface area contributed by atoms with Crippen LogP contribution >= 0.6 is 0 Å². The summed E-state index contributed by atoms with van der Waals surface area (Å²) in [4.78, 5) is 16.9. The Labute approximate surface area is 197 Å². The fraction of sp³-hybridized carbons (Fsp3) is 0.333. The average molecular weight is 461 g/mol. The third-order valence-corrected chi connectivity index (χ3v) is 6.08. The van der Waals surface area contributed by atoms with Crippen molar-refractivity contribution >= 4 is 28.6 Å². The molecule has 0 radical (unpaired) electrons. The highest BCUT2D eigenvalue weighted by molar-refractivity contribution is 6.03. The Kier molecular flexibility index (Phi) is 6.13. The molecule has 1 atom stereocenters. The highest BCUT2D eigenvalue weighted by Gasteiger charge is 2.17. The number of nitrogens with one attached hydrogen (secondary N) is 4. The second-order valence-electron chi connectivity index (χ2n) is 8.57. The maximum absolute atomic E-state index is 12.6. The van der Waals surface area contributed by atoms with Crippen LogP contribution < -0.4 is 20.7 Å². The molecule has 1 aliphatic rings. The van der Waals surface area contributed by atoms with Crippen LogP contribution in [-0.4, -0.2) is 50.5 Å². The third kappa shape index (κ3) is 4.72. The SMILES string of the molecule is Cc1cc(NC(=O)c2ccc(Oc3ccnc4[nH]nc(NC[C@@H]5CCCNC5)c34)cc2)nn1C. The summed E-state index contributed by atoms with van der Waals surface area (Å²) in [5.74, 6) is 2.84. The summed E-state index contributed by atoms with van der Waals surface area (Å²) < 4.78 is 7.87. The Morgan fingerprint density at radius 3 is 2.85 bits per heavy atom. The number of carbonyl (C=O) groups is 1. The molecule has 0 aliphatic carbocycles. The third-order valence-electron chi connectivity index (χ3n) is 6.08. The van der Waals surface area contributed by atoms with E-state index in [0.29, 0.717) is 34.4 Å². The molecule has 4 heterocycles. The molecule has 0 unspecified atom stereocenters. The van der Waals surface area contributed by atoms with Gasteiger partial charge in [-0.3, -0.25) is 14.6 Å². The van der Waals surface area contributed by atoms with Crippen LogP contribution in [0.2, 0.25) is 0 Å². The van der Waals surface area contributed by atoms with E-state index in [1.165, 1.54) is 12.8 Å². The predicted octanol–water partition coefficient (Wildman–Crippen LogP) is 3.46. The normalized spacial score (nSPS) is 15.9. The molecule has 4 aromatic rings. The number of anilines is 2. The van der Waals surface area contributed by atoms with Crippen molar-refractivity contribution in [2.24, 2.45) is 13.0 Å². The number of fused-ring (bicyclic) bond motifs is 1. The molecule has 1 saturated heterocycles. The first-order valence-electron chi connectivity index (χ1n) is 11.4. The zero-order valence-electron chi connectivity index (χ0n) is 19.3. The lowest BCUT2D eigenvalue weighted by atomic mass is 10.00. The van der Waals surface area contributed by atoms with Crippen LogP contribution in [-0.2, 0) is 7.05 Å². The number of aromatic amines is 1. The number of H-pyrrole nitrogens is 1. The molecule has 1 aromatic carbocycles. The Bertz CT molecular complexity index is 1270. The molecule has 34 heavy (non-hydrogen) atoms. The van der Waals surface area contributed by atoms with Crippen LogP contribution in [0.3, 0.4) is 0 Å². The second kappa shape index (κ2) is 9.52. The van der Waals surface area contributed by atoms with Gasteiger partial charge in [-0.25, -0.2) is 4.98 Å². The van der Waals surface area contributed by atoms with Gasteiger partial charge in [-0.05, 0) is 63.0 Å². The number of aromatic nitrogens is 5. The van der Waals surface area contributed by atoms with Crippen LogP contribution in [0.1, 0.15) is 28.9 Å². The van der Waals surface area contributed by atoms with Crippen molar-refractivity contribution in [3.05, 3.63) is 53.9 Å². The van der Waals surface area contributed by atoms with Crippen LogP contribution in [0.25, 0.3) is 11.0 Å². The number of carbonyl (C=O) groups excluding carboxylic acids is 1. The van der Waals surface area contributed by atoms with E-state index in [-0.39, 0.29) is 5.91 Å². The topological polar surface area (TPSA) is 122 Å². The molecule has 4 N–H and O–H groups in total. The smallest absolute Gasteiger partial charge is 0.256 e. The van der Waals surface area contributed by atoms with E-state index in [0.717, 1.165) is 36.5 Å². The van der Waals surface area contributed by atoms with Gasteiger partial charge in [0.15, 0.2) is 17.3 Å². The monoisotopic (exact) mass is 460 g/mol. The molecule has 5 rings (SSSR count). The molecule has 0 saturated carbocycles. The van der Waals surface area contributed by atoms with Gasteiger partial charge in [0.2, 0.25) is 0 Å². The number of rotatable bonds is 7. The first-order valence-corrected chi connectivity index (χ1v) is 11.4. The van der Waals surface area contributed by atoms with Crippen molar-refractivity contribution in [3.63, 3.8) is 0 Å². The number of ether oxygens (including phenoxy) is 1. The average Bonchev–Trinajstić information content (AvgIpc) is 3.41. The quantitative estimate of drug-likeness (QED) is 0.333. The molecule has 1 fully saturated rings. The number of amides is 1. The summed E-state index contributed by atoms with van der Waals surface area (Å²) in [5, 5.41) is 22.2. The van der Waals surface area contributed by atoms with Gasteiger partial charge in [0.05, 0.1) is 0 Å². The number of hydrogen-bond acceptors (Lipinski definition) is 7. The van der Waals surface area contributed by atoms with E-state index in [4.69, 9.17) is 4.74 Å². The van der Waals surface area contributed by atoms with Crippen molar-refractivity contribution in [2.75, 3.05) is 30.3 Å². The Morgan fingerprint density at radius 2 is 2.12 bits per heavy atom. The van der Waals surface area contributed by atoms with Gasteiger partial charge in [-0.2, -0.15) is 10.2 Å². The minimum absolute atomic E-state index is 0.227. The number of pyridine rings is 1. The molecule has 0 bridgehead atoms. The minimum Gasteiger partial charge on any atom is -0.456 e. The summed E-state index contributed by atoms with van der Waals surface area (Å²) in [6.07, 6.45) is 4.07. The molecule has 1 amide bonds. The standard InChI is InChI=1S/C24H28N8O2/c1-15-12-20(31-32(15)2)28-24(33)17-5-7-18(8-6-17)34-19-9-11-26-22-21(19)23(30-29-22)27-14-16-4-3-10-25-13-16/h5-9,11-12,16,25H,3-4,10,13-14H2,1-2H3,(H,28,31,33)(H2,26,27,29,30)/t16-/m1/s1. The van der Waals surface area contributed by atoms with Crippen molar-refractivity contribution in [1.29, 1.82) is 0 Å². The number of aryl methyl sites for hydroxylation is 2. The summed E-state index contributed by atoms with van der Waals surface area (Å²) in [5.41, 5.74) is 2.14. The fourth-order valence-electron chi connectivity index (χ4n) is 4.09. The molecule has 176 valence electrons. The summed E-state index contributed by atoms with van der Waals surface area (Å²) in [6, 6.07) is 10.6. The lowest BCUT2D eigenvalue weighted by molar-refractivity contribution is 0.102. The van der Waals surface area contributed by atoms with Gasteiger partial charge in [0.1, 0.15) is 16.9 Å². The van der Waals surface area contributed by atoms with Crippen molar-refractivity contribution in [1.82, 2.24) is 30.3 Å². The van der Waals surface area contributed by atoms with Crippen molar-refractivity contribution in [3.8, 4) is 11.5 Å². The van der Waals surface area contributed by atoms with E-state index >= 15 is 0 Å². The van der Waals surface area contributed by atoms with E-state index in [9.17, 15) is 4.79 Å². The number of nitrogens with zero attached hydrogens (tertiary/aromatic N) is 4. The number of piperidine rings is 1. The zero-order valence-corrected chi connectivity index (χ0v) is 19.3. The lowest BCUT2D eigenvalue weighted by Gasteiger charge is -2.22. The van der Waals surface area contributed by atoms with E-state index in [2.05, 4.69) is 36.2 Å². The van der Waals surface area contributed by atoms with Gasteiger partial charge in [-0.1, -0.05) is 0 Å². The molecule has 1 aliphatic heterocycles. The fourth-order valence-corrected chi connectivity index (χ4v) is 4.09.